The van der Waals surface area contributed by atoms with Crippen LogP contribution in [0.15, 0.2) is 35.5 Å². The number of nitrogens with zero attached hydrogens (tertiary/aromatic N) is 3. The Kier molecular flexibility index (Phi) is 5.69. The van der Waals surface area contributed by atoms with Crippen molar-refractivity contribution in [3.05, 3.63) is 51.8 Å². The number of nitrogens with one attached hydrogen (secondary N) is 1. The zero-order valence-electron chi connectivity index (χ0n) is 12.6. The number of guanidine groups is 1. The van der Waals surface area contributed by atoms with Crippen molar-refractivity contribution in [2.45, 2.75) is 33.0 Å². The molecule has 7 heteroatoms. The molecular weight excluding hydrogens is 321 g/mol. The maximum absolute atomic E-state index is 6.18. The Bertz CT molecular complexity index is 666. The summed E-state index contributed by atoms with van der Waals surface area (Å²) < 4.78 is 1.85. The van der Waals surface area contributed by atoms with Gasteiger partial charge in [-0.2, -0.15) is 5.10 Å². The van der Waals surface area contributed by atoms with Crippen LogP contribution in [0.25, 0.3) is 0 Å². The van der Waals surface area contributed by atoms with E-state index in [0.29, 0.717) is 22.5 Å². The van der Waals surface area contributed by atoms with E-state index in [9.17, 15) is 0 Å². The molecule has 0 aliphatic carbocycles. The second-order valence-electron chi connectivity index (χ2n) is 4.90. The summed E-state index contributed by atoms with van der Waals surface area (Å²) in [4.78, 5) is 4.29. The molecule has 0 aliphatic rings. The molecule has 0 amide bonds. The van der Waals surface area contributed by atoms with Crippen LogP contribution in [0.5, 0.6) is 0 Å². The van der Waals surface area contributed by atoms with Gasteiger partial charge in [-0.1, -0.05) is 29.3 Å². The quantitative estimate of drug-likeness (QED) is 0.648. The van der Waals surface area contributed by atoms with Crippen LogP contribution in [0.2, 0.25) is 10.0 Å². The maximum atomic E-state index is 6.18. The highest BCUT2D eigenvalue weighted by molar-refractivity contribution is 6.35. The first-order valence-electron chi connectivity index (χ1n) is 7.03. The normalized spacial score (nSPS) is 13.2. The van der Waals surface area contributed by atoms with Crippen molar-refractivity contribution >= 4 is 29.2 Å². The van der Waals surface area contributed by atoms with Gasteiger partial charge >= 0.3 is 0 Å². The highest BCUT2D eigenvalue weighted by Gasteiger charge is 2.10. The van der Waals surface area contributed by atoms with Gasteiger partial charge in [-0.05, 0) is 37.6 Å². The van der Waals surface area contributed by atoms with Crippen LogP contribution < -0.4 is 11.1 Å². The van der Waals surface area contributed by atoms with Crippen molar-refractivity contribution in [1.82, 2.24) is 15.1 Å². The molecule has 0 aliphatic heterocycles. The number of hydrogen-bond acceptors (Lipinski definition) is 2. The van der Waals surface area contributed by atoms with E-state index in [2.05, 4.69) is 15.4 Å². The Hall–Kier alpha value is -1.72. The summed E-state index contributed by atoms with van der Waals surface area (Å²) in [6, 6.07) is 7.24. The average molecular weight is 340 g/mol. The molecule has 1 aromatic carbocycles. The molecule has 118 valence electrons. The summed E-state index contributed by atoms with van der Waals surface area (Å²) in [7, 11) is 0. The van der Waals surface area contributed by atoms with Crippen LogP contribution in [0.3, 0.4) is 0 Å². The van der Waals surface area contributed by atoms with Gasteiger partial charge in [-0.15, -0.1) is 0 Å². The van der Waals surface area contributed by atoms with Crippen LogP contribution in [0.1, 0.15) is 31.1 Å². The Balaban J connectivity index is 1.97. The maximum Gasteiger partial charge on any atom is 0.189 e. The number of aryl methyl sites for hydroxylation is 1. The van der Waals surface area contributed by atoms with E-state index >= 15 is 0 Å². The summed E-state index contributed by atoms with van der Waals surface area (Å²) in [6.45, 7) is 5.27. The molecule has 22 heavy (non-hydrogen) atoms. The van der Waals surface area contributed by atoms with Gasteiger partial charge in [-0.3, -0.25) is 4.68 Å². The third kappa shape index (κ3) is 4.39. The van der Waals surface area contributed by atoms with Gasteiger partial charge in [0.15, 0.2) is 5.96 Å². The average Bonchev–Trinajstić information content (AvgIpc) is 2.93. The highest BCUT2D eigenvalue weighted by atomic mass is 35.5. The summed E-state index contributed by atoms with van der Waals surface area (Å²) >= 11 is 12.1. The van der Waals surface area contributed by atoms with Gasteiger partial charge in [-0.25, -0.2) is 4.99 Å². The zero-order valence-corrected chi connectivity index (χ0v) is 14.1. The molecule has 0 saturated heterocycles. The van der Waals surface area contributed by atoms with E-state index in [-0.39, 0.29) is 6.04 Å². The molecule has 0 radical (unpaired) electrons. The molecular formula is C15H19Cl2N5. The van der Waals surface area contributed by atoms with Gasteiger partial charge in [0.25, 0.3) is 0 Å². The largest absolute Gasteiger partial charge is 0.370 e. The first-order valence-corrected chi connectivity index (χ1v) is 7.79. The molecule has 0 bridgehead atoms. The minimum Gasteiger partial charge on any atom is -0.370 e. The second kappa shape index (κ2) is 7.51. The summed E-state index contributed by atoms with van der Waals surface area (Å²) in [5, 5.41) is 8.67. The van der Waals surface area contributed by atoms with Crippen molar-refractivity contribution < 1.29 is 0 Å². The molecule has 1 unspecified atom stereocenters. The van der Waals surface area contributed by atoms with Gasteiger partial charge in [0.05, 0.1) is 18.3 Å². The number of benzene rings is 1. The minimum absolute atomic E-state index is 0.0679. The van der Waals surface area contributed by atoms with Crippen LogP contribution in [-0.2, 0) is 13.1 Å². The van der Waals surface area contributed by atoms with E-state index < -0.39 is 0 Å². The lowest BCUT2D eigenvalue weighted by atomic mass is 10.1. The number of aliphatic imine (C=N–C) groups is 1. The standard InChI is InChI=1S/C15H19Cl2N5/c1-3-22-7-6-12(21-22)9-19-15(18)20-10(2)13-5-4-11(16)8-14(13)17/h4-8,10H,3,9H2,1-2H3,(H3,18,19,20). The van der Waals surface area contributed by atoms with E-state index in [1.807, 2.05) is 36.9 Å². The highest BCUT2D eigenvalue weighted by Crippen LogP contribution is 2.25. The molecule has 0 saturated carbocycles. The van der Waals surface area contributed by atoms with Crippen molar-refractivity contribution in [2.24, 2.45) is 10.7 Å². The smallest absolute Gasteiger partial charge is 0.189 e. The molecule has 0 spiro atoms. The predicted molar refractivity (Wildman–Crippen MR) is 91.2 cm³/mol. The van der Waals surface area contributed by atoms with Crippen LogP contribution in [0, 0.1) is 0 Å². The van der Waals surface area contributed by atoms with Crippen molar-refractivity contribution in [3.8, 4) is 0 Å². The fraction of sp³-hybridized carbons (Fsp3) is 0.333. The lowest BCUT2D eigenvalue weighted by Gasteiger charge is -2.16. The van der Waals surface area contributed by atoms with E-state index in [0.717, 1.165) is 17.8 Å². The lowest BCUT2D eigenvalue weighted by Crippen LogP contribution is -2.34. The Morgan fingerprint density at radius 1 is 1.41 bits per heavy atom. The molecule has 1 atom stereocenters. The lowest BCUT2D eigenvalue weighted by molar-refractivity contribution is 0.646. The molecule has 5 nitrogen and oxygen atoms in total. The first kappa shape index (κ1) is 16.6. The third-order valence-electron chi connectivity index (χ3n) is 3.22. The first-order chi connectivity index (χ1) is 10.5. The Morgan fingerprint density at radius 3 is 2.82 bits per heavy atom. The summed E-state index contributed by atoms with van der Waals surface area (Å²) in [5.41, 5.74) is 7.71. The fourth-order valence-corrected chi connectivity index (χ4v) is 2.60. The molecule has 2 aromatic rings. The molecule has 1 aromatic heterocycles. The monoisotopic (exact) mass is 339 g/mol. The molecule has 2 rings (SSSR count). The van der Waals surface area contributed by atoms with Gasteiger partial charge < -0.3 is 11.1 Å². The zero-order chi connectivity index (χ0) is 16.1. The number of halogens is 2. The topological polar surface area (TPSA) is 68.2 Å². The van der Waals surface area contributed by atoms with Gasteiger partial charge in [0.1, 0.15) is 0 Å². The fourth-order valence-electron chi connectivity index (χ4n) is 2.03. The number of nitrogens with two attached hydrogens (primary N) is 1. The Morgan fingerprint density at radius 2 is 2.18 bits per heavy atom. The summed E-state index contributed by atoms with van der Waals surface area (Å²) in [6.07, 6.45) is 1.92. The molecule has 3 N–H and O–H groups in total. The molecule has 1 heterocycles. The number of rotatable bonds is 5. The SMILES string of the molecule is CCn1ccc(CN=C(N)NC(C)c2ccc(Cl)cc2Cl)n1. The number of aromatic nitrogens is 2. The molecule has 0 fully saturated rings. The van der Waals surface area contributed by atoms with Gasteiger partial charge in [0.2, 0.25) is 0 Å². The third-order valence-corrected chi connectivity index (χ3v) is 3.79. The van der Waals surface area contributed by atoms with Crippen molar-refractivity contribution in [2.75, 3.05) is 0 Å². The van der Waals surface area contributed by atoms with Crippen LogP contribution >= 0.6 is 23.2 Å². The van der Waals surface area contributed by atoms with Crippen LogP contribution in [0.4, 0.5) is 0 Å². The Labute approximate surface area is 140 Å². The second-order valence-corrected chi connectivity index (χ2v) is 5.74. The van der Waals surface area contributed by atoms with E-state index in [4.69, 9.17) is 28.9 Å². The van der Waals surface area contributed by atoms with Gasteiger partial charge in [0, 0.05) is 22.8 Å². The number of hydrogen-bond donors (Lipinski definition) is 2. The van der Waals surface area contributed by atoms with Crippen LogP contribution in [-0.4, -0.2) is 15.7 Å². The minimum atomic E-state index is -0.0679. The van der Waals surface area contributed by atoms with Crippen molar-refractivity contribution in [1.29, 1.82) is 0 Å². The van der Waals surface area contributed by atoms with E-state index in [1.165, 1.54) is 0 Å². The van der Waals surface area contributed by atoms with E-state index in [1.54, 1.807) is 12.1 Å². The van der Waals surface area contributed by atoms with Crippen molar-refractivity contribution in [3.63, 3.8) is 0 Å². The predicted octanol–water partition coefficient (Wildman–Crippen LogP) is 3.38. The summed E-state index contributed by atoms with van der Waals surface area (Å²) in [5.74, 6) is 0.351.